The molecule has 3 rings (SSSR count). The third-order valence-electron chi connectivity index (χ3n) is 5.20. The smallest absolute Gasteiger partial charge is 0.348 e. The summed E-state index contributed by atoms with van der Waals surface area (Å²) in [6.45, 7) is 10.1. The highest BCUT2D eigenvalue weighted by atomic mass is 19.4. The van der Waals surface area contributed by atoms with Crippen LogP contribution >= 0.6 is 0 Å². The maximum atomic E-state index is 14.5. The van der Waals surface area contributed by atoms with Gasteiger partial charge in [0.15, 0.2) is 11.3 Å². The molecule has 0 radical (unpaired) electrons. The van der Waals surface area contributed by atoms with Crippen molar-refractivity contribution in [3.8, 4) is 0 Å². The van der Waals surface area contributed by atoms with Crippen LogP contribution in [0.4, 0.5) is 17.6 Å². The minimum absolute atomic E-state index is 0.188. The third-order valence-corrected chi connectivity index (χ3v) is 5.20. The number of halogens is 4. The predicted molar refractivity (Wildman–Crippen MR) is 108 cm³/mol. The average molecular weight is 457 g/mol. The Morgan fingerprint density at radius 1 is 1.25 bits per heavy atom. The van der Waals surface area contributed by atoms with Crippen molar-refractivity contribution in [2.45, 2.75) is 64.6 Å². The Bertz CT molecular complexity index is 1090. The number of nitrogens with zero attached hydrogens (tertiary/aromatic N) is 3. The Labute approximate surface area is 183 Å². The lowest BCUT2D eigenvalue weighted by atomic mass is 9.92. The number of rotatable bonds is 3. The summed E-state index contributed by atoms with van der Waals surface area (Å²) in [4.78, 5) is 16.7. The average Bonchev–Trinajstić information content (AvgIpc) is 3.14. The zero-order valence-electron chi connectivity index (χ0n) is 18.9. The van der Waals surface area contributed by atoms with Crippen molar-refractivity contribution < 1.29 is 31.8 Å². The SMILES string of the molecule is Cn1c(C(C)(C)C)cc(=NC(=O)c2cccc(C(F)(F)F)c2F)n1C[C@H]1COC(C)(C)O1. The molecular weight excluding hydrogens is 430 g/mol. The standard InChI is InChI=1S/C22H27F4N3O3/c1-20(2,3)16-10-17(29(28(16)6)11-13-12-31-21(4,5)32-13)27-19(30)14-8-7-9-15(18(14)23)22(24,25)26/h7-10,13H,11-12H2,1-6H3/t13-/m0/s1. The number of hydrogen-bond acceptors (Lipinski definition) is 3. The molecule has 1 fully saturated rings. The van der Waals surface area contributed by atoms with E-state index in [4.69, 9.17) is 9.47 Å². The largest absolute Gasteiger partial charge is 0.419 e. The van der Waals surface area contributed by atoms with E-state index in [1.165, 1.54) is 0 Å². The zero-order chi connectivity index (χ0) is 24.1. The molecule has 2 heterocycles. The first-order valence-corrected chi connectivity index (χ1v) is 10.1. The number of benzene rings is 1. The maximum Gasteiger partial charge on any atom is 0.419 e. The van der Waals surface area contributed by atoms with E-state index in [0.717, 1.165) is 17.8 Å². The Kier molecular flexibility index (Phi) is 6.16. The molecule has 1 atom stereocenters. The summed E-state index contributed by atoms with van der Waals surface area (Å²) in [5.41, 5.74) is -1.55. The van der Waals surface area contributed by atoms with Gasteiger partial charge in [-0.3, -0.25) is 14.2 Å². The van der Waals surface area contributed by atoms with E-state index in [1.807, 2.05) is 25.5 Å². The van der Waals surface area contributed by atoms with Crippen LogP contribution in [0.1, 0.15) is 56.2 Å². The molecule has 1 aliphatic rings. The quantitative estimate of drug-likeness (QED) is 0.650. The van der Waals surface area contributed by atoms with E-state index >= 15 is 0 Å². The molecule has 32 heavy (non-hydrogen) atoms. The highest BCUT2D eigenvalue weighted by molar-refractivity contribution is 5.95. The summed E-state index contributed by atoms with van der Waals surface area (Å²) >= 11 is 0. The molecule has 0 bridgehead atoms. The lowest BCUT2D eigenvalue weighted by Gasteiger charge is -2.22. The van der Waals surface area contributed by atoms with Crippen LogP contribution < -0.4 is 5.49 Å². The molecule has 1 aromatic carbocycles. The van der Waals surface area contributed by atoms with Crippen LogP contribution in [-0.4, -0.2) is 33.8 Å². The summed E-state index contributed by atoms with van der Waals surface area (Å²) in [5.74, 6) is -3.49. The van der Waals surface area contributed by atoms with Gasteiger partial charge >= 0.3 is 6.18 Å². The first-order chi connectivity index (χ1) is 14.6. The van der Waals surface area contributed by atoms with E-state index in [1.54, 1.807) is 31.6 Å². The van der Waals surface area contributed by atoms with E-state index < -0.39 is 34.8 Å². The number of hydrogen-bond donors (Lipinski definition) is 0. The van der Waals surface area contributed by atoms with Gasteiger partial charge in [-0.25, -0.2) is 4.39 Å². The summed E-state index contributed by atoms with van der Waals surface area (Å²) in [5, 5.41) is 0. The molecule has 10 heteroatoms. The molecule has 1 amide bonds. The molecule has 1 aliphatic heterocycles. The maximum absolute atomic E-state index is 14.5. The fourth-order valence-corrected chi connectivity index (χ4v) is 3.71. The number of alkyl halides is 3. The normalized spacial score (nSPS) is 19.6. The van der Waals surface area contributed by atoms with E-state index in [2.05, 4.69) is 4.99 Å². The van der Waals surface area contributed by atoms with Gasteiger partial charge in [0.05, 0.1) is 24.3 Å². The van der Waals surface area contributed by atoms with Crippen LogP contribution in [-0.2, 0) is 34.7 Å². The zero-order valence-corrected chi connectivity index (χ0v) is 18.9. The molecule has 0 saturated carbocycles. The highest BCUT2D eigenvalue weighted by Gasteiger charge is 2.36. The summed E-state index contributed by atoms with van der Waals surface area (Å²) in [6.07, 6.45) is -5.25. The van der Waals surface area contributed by atoms with Gasteiger partial charge in [-0.15, -0.1) is 0 Å². The van der Waals surface area contributed by atoms with Crippen molar-refractivity contribution in [2.24, 2.45) is 12.0 Å². The Balaban J connectivity index is 2.08. The van der Waals surface area contributed by atoms with Crippen LogP contribution in [0.2, 0.25) is 0 Å². The first-order valence-electron chi connectivity index (χ1n) is 10.1. The fraction of sp³-hybridized carbons (Fsp3) is 0.545. The molecule has 1 saturated heterocycles. The Morgan fingerprint density at radius 3 is 2.44 bits per heavy atom. The van der Waals surface area contributed by atoms with E-state index in [0.29, 0.717) is 12.7 Å². The summed E-state index contributed by atoms with van der Waals surface area (Å²) in [7, 11) is 1.79. The predicted octanol–water partition coefficient (Wildman–Crippen LogP) is 4.17. The molecule has 1 aromatic heterocycles. The minimum Gasteiger partial charge on any atom is -0.348 e. The number of ether oxygens (including phenoxy) is 2. The number of carbonyl (C=O) groups excluding carboxylic acids is 1. The fourth-order valence-electron chi connectivity index (χ4n) is 3.71. The second kappa shape index (κ2) is 8.15. The monoisotopic (exact) mass is 457 g/mol. The van der Waals surface area contributed by atoms with Gasteiger partial charge in [-0.1, -0.05) is 26.8 Å². The van der Waals surface area contributed by atoms with E-state index in [9.17, 15) is 22.4 Å². The Morgan fingerprint density at radius 2 is 1.91 bits per heavy atom. The molecule has 0 unspecified atom stereocenters. The molecular formula is C22H27F4N3O3. The van der Waals surface area contributed by atoms with Crippen molar-refractivity contribution in [3.63, 3.8) is 0 Å². The highest BCUT2D eigenvalue weighted by Crippen LogP contribution is 2.32. The van der Waals surface area contributed by atoms with Gasteiger partial charge in [0, 0.05) is 24.2 Å². The van der Waals surface area contributed by atoms with Crippen LogP contribution in [0, 0.1) is 5.82 Å². The lowest BCUT2D eigenvalue weighted by molar-refractivity contribution is -0.140. The minimum atomic E-state index is -4.92. The molecule has 0 spiro atoms. The summed E-state index contributed by atoms with van der Waals surface area (Å²) in [6, 6.07) is 4.24. The lowest BCUT2D eigenvalue weighted by Crippen LogP contribution is -2.32. The van der Waals surface area contributed by atoms with Gasteiger partial charge in [0.1, 0.15) is 11.9 Å². The van der Waals surface area contributed by atoms with Crippen LogP contribution in [0.15, 0.2) is 29.3 Å². The second-order valence-electron chi connectivity index (χ2n) is 9.28. The third kappa shape index (κ3) is 4.96. The molecule has 6 nitrogen and oxygen atoms in total. The van der Waals surface area contributed by atoms with E-state index in [-0.39, 0.29) is 23.6 Å². The molecule has 0 N–H and O–H groups in total. The number of carbonyl (C=O) groups is 1. The van der Waals surface area contributed by atoms with Crippen molar-refractivity contribution >= 4 is 5.91 Å². The molecule has 0 aliphatic carbocycles. The van der Waals surface area contributed by atoms with Gasteiger partial charge in [-0.2, -0.15) is 18.2 Å². The topological polar surface area (TPSA) is 57.8 Å². The van der Waals surface area contributed by atoms with Crippen molar-refractivity contribution in [3.05, 3.63) is 52.4 Å². The van der Waals surface area contributed by atoms with Gasteiger partial charge in [0.25, 0.3) is 5.91 Å². The van der Waals surface area contributed by atoms with Crippen LogP contribution in [0.3, 0.4) is 0 Å². The first kappa shape index (κ1) is 24.2. The van der Waals surface area contributed by atoms with Gasteiger partial charge in [-0.05, 0) is 26.0 Å². The molecule has 176 valence electrons. The van der Waals surface area contributed by atoms with Gasteiger partial charge < -0.3 is 9.47 Å². The number of aromatic nitrogens is 2. The van der Waals surface area contributed by atoms with Crippen LogP contribution in [0.5, 0.6) is 0 Å². The van der Waals surface area contributed by atoms with Crippen molar-refractivity contribution in [1.29, 1.82) is 0 Å². The van der Waals surface area contributed by atoms with Crippen molar-refractivity contribution in [2.75, 3.05) is 6.61 Å². The summed E-state index contributed by atoms with van der Waals surface area (Å²) < 4.78 is 68.5. The van der Waals surface area contributed by atoms with Crippen LogP contribution in [0.25, 0.3) is 0 Å². The molecule has 2 aromatic rings. The second-order valence-corrected chi connectivity index (χ2v) is 9.28. The van der Waals surface area contributed by atoms with Crippen molar-refractivity contribution in [1.82, 2.24) is 9.36 Å². The Hall–Kier alpha value is -2.46. The van der Waals surface area contributed by atoms with Gasteiger partial charge in [0.2, 0.25) is 0 Å². The number of amides is 1.